The number of fused-ring (bicyclic) bond motifs is 2. The van der Waals surface area contributed by atoms with Crippen LogP contribution in [0.4, 0.5) is 0 Å². The van der Waals surface area contributed by atoms with Gasteiger partial charge >= 0.3 is 0 Å². The minimum atomic E-state index is -0.285. The fourth-order valence-corrected chi connectivity index (χ4v) is 3.96. The molecule has 8 heteroatoms. The minimum Gasteiger partial charge on any atom is -0.508 e. The molecule has 1 aliphatic heterocycles. The van der Waals surface area contributed by atoms with Gasteiger partial charge in [0.15, 0.2) is 17.2 Å². The Labute approximate surface area is 167 Å². The van der Waals surface area contributed by atoms with Gasteiger partial charge in [0, 0.05) is 6.07 Å². The third-order valence-electron chi connectivity index (χ3n) is 5.43. The lowest BCUT2D eigenvalue weighted by atomic mass is 10.1. The van der Waals surface area contributed by atoms with Crippen molar-refractivity contribution in [1.82, 2.24) is 20.3 Å². The van der Waals surface area contributed by atoms with Gasteiger partial charge in [0.2, 0.25) is 0 Å². The molecule has 1 amide bonds. The molecule has 3 aromatic rings. The third-order valence-corrected chi connectivity index (χ3v) is 5.43. The summed E-state index contributed by atoms with van der Waals surface area (Å²) in [7, 11) is 0. The fourth-order valence-electron chi connectivity index (χ4n) is 3.96. The molecule has 0 fully saturated rings. The SMILES string of the molecule is Cc1c(C(=O)NC2CCc3c(O)cccc32)nnn1-c1ccc2c(c1)OCCO2. The molecule has 0 saturated heterocycles. The molecular formula is C21H20N4O4. The summed E-state index contributed by atoms with van der Waals surface area (Å²) in [5.74, 6) is 1.34. The second-order valence-corrected chi connectivity index (χ2v) is 7.17. The Morgan fingerprint density at radius 2 is 2.03 bits per heavy atom. The van der Waals surface area contributed by atoms with E-state index in [9.17, 15) is 9.90 Å². The van der Waals surface area contributed by atoms with Crippen molar-refractivity contribution in [3.8, 4) is 22.9 Å². The molecule has 2 N–H and O–H groups in total. The van der Waals surface area contributed by atoms with Crippen LogP contribution in [0.3, 0.4) is 0 Å². The quantitative estimate of drug-likeness (QED) is 0.711. The molecule has 0 saturated carbocycles. The van der Waals surface area contributed by atoms with Crippen molar-refractivity contribution in [2.75, 3.05) is 13.2 Å². The second-order valence-electron chi connectivity index (χ2n) is 7.17. The van der Waals surface area contributed by atoms with E-state index in [-0.39, 0.29) is 23.4 Å². The van der Waals surface area contributed by atoms with Gasteiger partial charge in [0.25, 0.3) is 5.91 Å². The van der Waals surface area contributed by atoms with Gasteiger partial charge in [0.1, 0.15) is 19.0 Å². The van der Waals surface area contributed by atoms with Gasteiger partial charge in [-0.3, -0.25) is 4.79 Å². The first-order chi connectivity index (χ1) is 14.1. The number of phenolic OH excluding ortho intramolecular Hbond substituents is 1. The van der Waals surface area contributed by atoms with Gasteiger partial charge in [-0.25, -0.2) is 4.68 Å². The molecule has 2 heterocycles. The molecule has 29 heavy (non-hydrogen) atoms. The van der Waals surface area contributed by atoms with Crippen LogP contribution in [0.1, 0.15) is 39.8 Å². The zero-order chi connectivity index (χ0) is 20.0. The number of aromatic nitrogens is 3. The number of phenols is 1. The van der Waals surface area contributed by atoms with E-state index < -0.39 is 0 Å². The molecule has 5 rings (SSSR count). The van der Waals surface area contributed by atoms with Gasteiger partial charge in [-0.1, -0.05) is 17.3 Å². The molecule has 1 aromatic heterocycles. The van der Waals surface area contributed by atoms with E-state index in [4.69, 9.17) is 9.47 Å². The normalized spacial score (nSPS) is 17.1. The number of hydrogen-bond acceptors (Lipinski definition) is 6. The van der Waals surface area contributed by atoms with Crippen molar-refractivity contribution < 1.29 is 19.4 Å². The predicted octanol–water partition coefficient (Wildman–Crippen LogP) is 2.47. The number of carbonyl (C=O) groups is 1. The van der Waals surface area contributed by atoms with Crippen LogP contribution in [0, 0.1) is 6.92 Å². The van der Waals surface area contributed by atoms with Gasteiger partial charge in [-0.2, -0.15) is 0 Å². The van der Waals surface area contributed by atoms with E-state index in [2.05, 4.69) is 15.6 Å². The lowest BCUT2D eigenvalue weighted by molar-refractivity contribution is 0.0931. The topological polar surface area (TPSA) is 98.5 Å². The Morgan fingerprint density at radius 1 is 1.21 bits per heavy atom. The van der Waals surface area contributed by atoms with Crippen molar-refractivity contribution in [2.24, 2.45) is 0 Å². The molecule has 2 aromatic carbocycles. The zero-order valence-corrected chi connectivity index (χ0v) is 15.9. The van der Waals surface area contributed by atoms with Gasteiger partial charge in [-0.05, 0) is 49.1 Å². The second kappa shape index (κ2) is 6.80. The monoisotopic (exact) mass is 392 g/mol. The molecule has 1 atom stereocenters. The Bertz CT molecular complexity index is 1110. The lowest BCUT2D eigenvalue weighted by Gasteiger charge is -2.19. The van der Waals surface area contributed by atoms with Crippen LogP contribution in [0.25, 0.3) is 5.69 Å². The smallest absolute Gasteiger partial charge is 0.274 e. The van der Waals surface area contributed by atoms with Crippen molar-refractivity contribution in [2.45, 2.75) is 25.8 Å². The summed E-state index contributed by atoms with van der Waals surface area (Å²) in [6, 6.07) is 10.8. The van der Waals surface area contributed by atoms with Crippen LogP contribution in [-0.2, 0) is 6.42 Å². The molecule has 2 aliphatic rings. The van der Waals surface area contributed by atoms with Crippen molar-refractivity contribution in [1.29, 1.82) is 0 Å². The minimum absolute atomic E-state index is 0.150. The first kappa shape index (κ1) is 17.5. The number of ether oxygens (including phenoxy) is 2. The van der Waals surface area contributed by atoms with Gasteiger partial charge in [-0.15, -0.1) is 5.10 Å². The van der Waals surface area contributed by atoms with E-state index in [1.54, 1.807) is 23.7 Å². The highest BCUT2D eigenvalue weighted by molar-refractivity contribution is 5.93. The molecule has 0 spiro atoms. The summed E-state index contributed by atoms with van der Waals surface area (Å²) in [4.78, 5) is 12.9. The van der Waals surface area contributed by atoms with Crippen molar-refractivity contribution >= 4 is 5.91 Å². The number of nitrogens with one attached hydrogen (secondary N) is 1. The standard InChI is InChI=1S/C21H20N4O4/c1-12-20(21(27)22-16-7-6-15-14(16)3-2-4-17(15)26)23-24-25(12)13-5-8-18-19(11-13)29-10-9-28-18/h2-5,8,11,16,26H,6-7,9-10H2,1H3,(H,22,27). The number of hydrogen-bond donors (Lipinski definition) is 2. The van der Waals surface area contributed by atoms with E-state index in [1.807, 2.05) is 24.3 Å². The fraction of sp³-hybridized carbons (Fsp3) is 0.286. The Kier molecular flexibility index (Phi) is 4.12. The summed E-state index contributed by atoms with van der Waals surface area (Å²) in [6.07, 6.45) is 1.48. The summed E-state index contributed by atoms with van der Waals surface area (Å²) in [5, 5.41) is 21.3. The number of nitrogens with zero attached hydrogens (tertiary/aromatic N) is 3. The van der Waals surface area contributed by atoms with Crippen LogP contribution in [0.2, 0.25) is 0 Å². The van der Waals surface area contributed by atoms with Crippen LogP contribution < -0.4 is 14.8 Å². The number of aromatic hydroxyl groups is 1. The Hall–Kier alpha value is -3.55. The molecule has 0 radical (unpaired) electrons. The highest BCUT2D eigenvalue weighted by atomic mass is 16.6. The van der Waals surface area contributed by atoms with Crippen LogP contribution in [-0.4, -0.2) is 39.2 Å². The van der Waals surface area contributed by atoms with Gasteiger partial charge in [0.05, 0.1) is 17.4 Å². The summed E-state index contributed by atoms with van der Waals surface area (Å²) >= 11 is 0. The highest BCUT2D eigenvalue weighted by Gasteiger charge is 2.28. The highest BCUT2D eigenvalue weighted by Crippen LogP contribution is 2.36. The maximum atomic E-state index is 12.9. The Morgan fingerprint density at radius 3 is 2.90 bits per heavy atom. The molecular weight excluding hydrogens is 372 g/mol. The molecule has 1 aliphatic carbocycles. The van der Waals surface area contributed by atoms with Crippen molar-refractivity contribution in [3.63, 3.8) is 0 Å². The molecule has 8 nitrogen and oxygen atoms in total. The maximum absolute atomic E-state index is 12.9. The summed E-state index contributed by atoms with van der Waals surface area (Å²) in [5.41, 5.74) is 3.50. The van der Waals surface area contributed by atoms with Crippen molar-refractivity contribution in [3.05, 3.63) is 58.9 Å². The number of amides is 1. The van der Waals surface area contributed by atoms with Crippen LogP contribution in [0.5, 0.6) is 17.2 Å². The number of carbonyl (C=O) groups excluding carboxylic acids is 1. The van der Waals surface area contributed by atoms with E-state index in [0.29, 0.717) is 30.4 Å². The molecule has 148 valence electrons. The van der Waals surface area contributed by atoms with E-state index in [0.717, 1.165) is 29.7 Å². The lowest BCUT2D eigenvalue weighted by Crippen LogP contribution is -2.28. The first-order valence-corrected chi connectivity index (χ1v) is 9.56. The largest absolute Gasteiger partial charge is 0.508 e. The molecule has 1 unspecified atom stereocenters. The van der Waals surface area contributed by atoms with Gasteiger partial charge < -0.3 is 19.9 Å². The average molecular weight is 392 g/mol. The third kappa shape index (κ3) is 2.97. The summed E-state index contributed by atoms with van der Waals surface area (Å²) < 4.78 is 12.8. The maximum Gasteiger partial charge on any atom is 0.274 e. The number of benzene rings is 2. The number of rotatable bonds is 3. The van der Waals surface area contributed by atoms with E-state index in [1.165, 1.54) is 0 Å². The van der Waals surface area contributed by atoms with Crippen LogP contribution >= 0.6 is 0 Å². The zero-order valence-electron chi connectivity index (χ0n) is 15.9. The van der Waals surface area contributed by atoms with E-state index >= 15 is 0 Å². The summed E-state index contributed by atoms with van der Waals surface area (Å²) in [6.45, 7) is 2.83. The Balaban J connectivity index is 1.39. The average Bonchev–Trinajstić information content (AvgIpc) is 3.32. The molecule has 0 bridgehead atoms. The van der Waals surface area contributed by atoms with Crippen LogP contribution in [0.15, 0.2) is 36.4 Å². The predicted molar refractivity (Wildman–Crippen MR) is 104 cm³/mol. The first-order valence-electron chi connectivity index (χ1n) is 9.56.